The van der Waals surface area contributed by atoms with Gasteiger partial charge in [0.15, 0.2) is 15.9 Å². The zero-order valence-corrected chi connectivity index (χ0v) is 15.1. The van der Waals surface area contributed by atoms with E-state index in [4.69, 9.17) is 4.74 Å². The number of ether oxygens (including phenoxy) is 1. The van der Waals surface area contributed by atoms with E-state index in [-0.39, 0.29) is 18.2 Å². The molecule has 116 valence electrons. The Bertz CT molecular complexity index is 657. The van der Waals surface area contributed by atoms with Gasteiger partial charge in [-0.2, -0.15) is 0 Å². The largest absolute Gasteiger partial charge is 0.479 e. The van der Waals surface area contributed by atoms with E-state index in [2.05, 4.69) is 22.6 Å². The van der Waals surface area contributed by atoms with Crippen LogP contribution in [0.4, 0.5) is 5.69 Å². The highest BCUT2D eigenvalue weighted by Crippen LogP contribution is 2.35. The minimum atomic E-state index is -3.19. The number of anilines is 1. The number of carbonyl (C=O) groups excluding carboxylic acids is 1. The van der Waals surface area contributed by atoms with Gasteiger partial charge >= 0.3 is 0 Å². The van der Waals surface area contributed by atoms with E-state index >= 15 is 0 Å². The Balaban J connectivity index is 2.29. The first kappa shape index (κ1) is 16.5. The Morgan fingerprint density at radius 3 is 2.67 bits per heavy atom. The van der Waals surface area contributed by atoms with Crippen LogP contribution in [0, 0.1) is 3.57 Å². The maximum Gasteiger partial charge on any atom is 0.267 e. The molecular formula is C14H18INO4S. The van der Waals surface area contributed by atoms with Gasteiger partial charge in [-0.05, 0) is 61.6 Å². The summed E-state index contributed by atoms with van der Waals surface area (Å²) < 4.78 is 30.5. The van der Waals surface area contributed by atoms with Gasteiger partial charge in [0.05, 0.1) is 16.7 Å². The lowest BCUT2D eigenvalue weighted by atomic mass is 10.2. The molecule has 0 fully saturated rings. The summed E-state index contributed by atoms with van der Waals surface area (Å²) in [4.78, 5) is 13.8. The molecule has 0 radical (unpaired) electrons. The molecule has 1 aliphatic heterocycles. The lowest BCUT2D eigenvalue weighted by molar-refractivity contribution is -0.125. The molecule has 7 heteroatoms. The Labute approximate surface area is 138 Å². The van der Waals surface area contributed by atoms with Crippen molar-refractivity contribution in [2.24, 2.45) is 0 Å². The first-order valence-electron chi connectivity index (χ1n) is 6.71. The summed E-state index contributed by atoms with van der Waals surface area (Å²) in [6.07, 6.45) is -0.600. The van der Waals surface area contributed by atoms with Crippen molar-refractivity contribution in [3.05, 3.63) is 21.8 Å². The van der Waals surface area contributed by atoms with Gasteiger partial charge in [0, 0.05) is 10.1 Å². The van der Waals surface area contributed by atoms with Gasteiger partial charge in [-0.15, -0.1) is 0 Å². The minimum absolute atomic E-state index is 0.0471. The topological polar surface area (TPSA) is 63.7 Å². The van der Waals surface area contributed by atoms with E-state index in [9.17, 15) is 13.2 Å². The van der Waals surface area contributed by atoms with Gasteiger partial charge in [-0.25, -0.2) is 8.42 Å². The number of nitrogens with zero attached hydrogens (tertiary/aromatic N) is 1. The third-order valence-electron chi connectivity index (χ3n) is 3.45. The van der Waals surface area contributed by atoms with Gasteiger partial charge in [0.2, 0.25) is 0 Å². The Kier molecular flexibility index (Phi) is 4.82. The number of fused-ring (bicyclic) bond motifs is 1. The predicted octanol–water partition coefficient (Wildman–Crippen LogP) is 2.23. The number of hydrogen-bond acceptors (Lipinski definition) is 4. The molecule has 1 aromatic carbocycles. The van der Waals surface area contributed by atoms with Crippen molar-refractivity contribution < 1.29 is 17.9 Å². The minimum Gasteiger partial charge on any atom is -0.479 e. The molecule has 1 amide bonds. The fourth-order valence-electron chi connectivity index (χ4n) is 2.07. The zero-order valence-electron chi connectivity index (χ0n) is 12.2. The van der Waals surface area contributed by atoms with Crippen LogP contribution >= 0.6 is 22.6 Å². The van der Waals surface area contributed by atoms with E-state index in [0.29, 0.717) is 11.4 Å². The molecule has 0 spiro atoms. The number of benzene rings is 1. The van der Waals surface area contributed by atoms with Crippen molar-refractivity contribution in [3.63, 3.8) is 0 Å². The molecule has 0 saturated carbocycles. The van der Waals surface area contributed by atoms with Gasteiger partial charge in [0.1, 0.15) is 5.75 Å². The molecule has 0 N–H and O–H groups in total. The van der Waals surface area contributed by atoms with Crippen molar-refractivity contribution >= 4 is 44.0 Å². The number of halogens is 1. The van der Waals surface area contributed by atoms with E-state index in [1.54, 1.807) is 26.8 Å². The SMILES string of the molecule is CC1Oc2cc(I)ccc2N(CCS(=O)(=O)C(C)C)C1=O. The molecule has 2 rings (SSSR count). The van der Waals surface area contributed by atoms with Crippen molar-refractivity contribution in [2.45, 2.75) is 32.1 Å². The highest BCUT2D eigenvalue weighted by Gasteiger charge is 2.32. The number of sulfone groups is 1. The van der Waals surface area contributed by atoms with Crippen LogP contribution in [-0.4, -0.2) is 38.0 Å². The average Bonchev–Trinajstić information content (AvgIpc) is 2.39. The summed E-state index contributed by atoms with van der Waals surface area (Å²) in [6.45, 7) is 5.13. The summed E-state index contributed by atoms with van der Waals surface area (Å²) in [5.41, 5.74) is 0.637. The first-order chi connectivity index (χ1) is 9.72. The molecule has 1 unspecified atom stereocenters. The monoisotopic (exact) mass is 423 g/mol. The Hall–Kier alpha value is -0.830. The fraction of sp³-hybridized carbons (Fsp3) is 0.500. The highest BCUT2D eigenvalue weighted by atomic mass is 127. The summed E-state index contributed by atoms with van der Waals surface area (Å²) in [5.74, 6) is 0.368. The van der Waals surface area contributed by atoms with Crippen LogP contribution < -0.4 is 9.64 Å². The van der Waals surface area contributed by atoms with E-state index in [0.717, 1.165) is 3.57 Å². The number of carbonyl (C=O) groups is 1. The standard InChI is InChI=1S/C14H18INO4S/c1-9(2)21(18,19)7-6-16-12-5-4-11(15)8-13(12)20-10(3)14(16)17/h4-5,8-10H,6-7H2,1-3H3. The molecule has 0 aromatic heterocycles. The maximum absolute atomic E-state index is 12.3. The Morgan fingerprint density at radius 2 is 2.05 bits per heavy atom. The van der Waals surface area contributed by atoms with Gasteiger partial charge < -0.3 is 9.64 Å². The first-order valence-corrected chi connectivity index (χ1v) is 9.51. The summed E-state index contributed by atoms with van der Waals surface area (Å²) in [7, 11) is -3.19. The predicted molar refractivity (Wildman–Crippen MR) is 90.5 cm³/mol. The van der Waals surface area contributed by atoms with Crippen LogP contribution in [0.3, 0.4) is 0 Å². The van der Waals surface area contributed by atoms with Crippen LogP contribution in [-0.2, 0) is 14.6 Å². The molecule has 0 saturated heterocycles. The quantitative estimate of drug-likeness (QED) is 0.697. The van der Waals surface area contributed by atoms with Crippen molar-refractivity contribution in [1.29, 1.82) is 0 Å². The second-order valence-electron chi connectivity index (χ2n) is 5.28. The molecule has 1 heterocycles. The maximum atomic E-state index is 12.3. The van der Waals surface area contributed by atoms with Crippen molar-refractivity contribution in [3.8, 4) is 5.75 Å². The van der Waals surface area contributed by atoms with Crippen LogP contribution in [0.15, 0.2) is 18.2 Å². The number of rotatable bonds is 4. The van der Waals surface area contributed by atoms with E-state index in [1.165, 1.54) is 4.90 Å². The lowest BCUT2D eigenvalue weighted by Crippen LogP contribution is -2.46. The molecule has 1 atom stereocenters. The molecule has 1 aromatic rings. The van der Waals surface area contributed by atoms with E-state index in [1.807, 2.05) is 12.1 Å². The highest BCUT2D eigenvalue weighted by molar-refractivity contribution is 14.1. The van der Waals surface area contributed by atoms with Gasteiger partial charge in [-0.3, -0.25) is 4.79 Å². The molecule has 21 heavy (non-hydrogen) atoms. The second kappa shape index (κ2) is 6.12. The van der Waals surface area contributed by atoms with E-state index < -0.39 is 21.2 Å². The van der Waals surface area contributed by atoms with Crippen molar-refractivity contribution in [1.82, 2.24) is 0 Å². The molecule has 0 bridgehead atoms. The number of hydrogen-bond donors (Lipinski definition) is 0. The molecule has 0 aliphatic carbocycles. The Morgan fingerprint density at radius 1 is 1.38 bits per heavy atom. The normalized spacial score (nSPS) is 18.6. The van der Waals surface area contributed by atoms with Crippen LogP contribution in [0.5, 0.6) is 5.75 Å². The van der Waals surface area contributed by atoms with Crippen LogP contribution in [0.1, 0.15) is 20.8 Å². The van der Waals surface area contributed by atoms with Crippen molar-refractivity contribution in [2.75, 3.05) is 17.2 Å². The summed E-state index contributed by atoms with van der Waals surface area (Å²) >= 11 is 2.17. The zero-order chi connectivity index (χ0) is 15.8. The molecular weight excluding hydrogens is 405 g/mol. The second-order valence-corrected chi connectivity index (χ2v) is 9.20. The summed E-state index contributed by atoms with van der Waals surface area (Å²) in [5, 5.41) is -0.442. The summed E-state index contributed by atoms with van der Waals surface area (Å²) in [6, 6.07) is 5.52. The third kappa shape index (κ3) is 3.50. The molecule has 5 nitrogen and oxygen atoms in total. The fourth-order valence-corrected chi connectivity index (χ4v) is 3.44. The van der Waals surface area contributed by atoms with Crippen LogP contribution in [0.2, 0.25) is 0 Å². The van der Waals surface area contributed by atoms with Gasteiger partial charge in [0.25, 0.3) is 5.91 Å². The average molecular weight is 423 g/mol. The number of amides is 1. The van der Waals surface area contributed by atoms with Gasteiger partial charge in [-0.1, -0.05) is 0 Å². The lowest BCUT2D eigenvalue weighted by Gasteiger charge is -2.33. The third-order valence-corrected chi connectivity index (χ3v) is 6.31. The van der Waals surface area contributed by atoms with Crippen LogP contribution in [0.25, 0.3) is 0 Å². The molecule has 1 aliphatic rings. The smallest absolute Gasteiger partial charge is 0.267 e.